The van der Waals surface area contributed by atoms with E-state index in [9.17, 15) is 8.42 Å². The quantitative estimate of drug-likeness (QED) is 0.821. The largest absolute Gasteiger partial charge is 0.392 e. The molecule has 0 atom stereocenters. The standard InChI is InChI=1S/C15H19NO3S2/c1-2-14-7-8-20-15(14)9-16-21(18,19)11-13-5-3-12(10-17)4-6-13/h3-8,16-17H,2,9-11H2,1H3. The van der Waals surface area contributed by atoms with Crippen LogP contribution in [0, 0.1) is 0 Å². The average Bonchev–Trinajstić information content (AvgIpc) is 2.93. The van der Waals surface area contributed by atoms with Gasteiger partial charge in [-0.2, -0.15) is 0 Å². The maximum absolute atomic E-state index is 12.1. The van der Waals surface area contributed by atoms with Gasteiger partial charge in [-0.05, 0) is 34.6 Å². The van der Waals surface area contributed by atoms with Gasteiger partial charge in [-0.1, -0.05) is 31.2 Å². The third-order valence-corrected chi connectivity index (χ3v) is 5.49. The Bertz CT molecular complexity index is 675. The van der Waals surface area contributed by atoms with E-state index in [1.54, 1.807) is 35.6 Å². The van der Waals surface area contributed by atoms with Crippen LogP contribution in [-0.4, -0.2) is 13.5 Å². The molecule has 2 aromatic rings. The van der Waals surface area contributed by atoms with Crippen LogP contribution in [0.2, 0.25) is 0 Å². The average molecular weight is 325 g/mol. The van der Waals surface area contributed by atoms with Gasteiger partial charge in [-0.3, -0.25) is 0 Å². The minimum absolute atomic E-state index is 0.0382. The lowest BCUT2D eigenvalue weighted by Crippen LogP contribution is -2.24. The molecule has 0 spiro atoms. The molecule has 1 heterocycles. The lowest BCUT2D eigenvalue weighted by atomic mass is 10.2. The minimum Gasteiger partial charge on any atom is -0.392 e. The molecular formula is C15H19NO3S2. The predicted molar refractivity (Wildman–Crippen MR) is 85.5 cm³/mol. The molecule has 0 unspecified atom stereocenters. The van der Waals surface area contributed by atoms with E-state index in [0.29, 0.717) is 12.1 Å². The molecule has 0 fully saturated rings. The number of aryl methyl sites for hydroxylation is 1. The summed E-state index contributed by atoms with van der Waals surface area (Å²) in [5.74, 6) is -0.0501. The maximum atomic E-state index is 12.1. The van der Waals surface area contributed by atoms with Gasteiger partial charge < -0.3 is 5.11 Å². The molecule has 0 aliphatic rings. The first-order valence-electron chi connectivity index (χ1n) is 6.75. The zero-order valence-corrected chi connectivity index (χ0v) is 13.5. The highest BCUT2D eigenvalue weighted by atomic mass is 32.2. The van der Waals surface area contributed by atoms with E-state index in [-0.39, 0.29) is 12.4 Å². The van der Waals surface area contributed by atoms with E-state index in [0.717, 1.165) is 16.9 Å². The first kappa shape index (κ1) is 16.2. The first-order chi connectivity index (χ1) is 10.0. The van der Waals surface area contributed by atoms with Crippen LogP contribution in [0.5, 0.6) is 0 Å². The number of rotatable bonds is 7. The van der Waals surface area contributed by atoms with Crippen molar-refractivity contribution in [3.63, 3.8) is 0 Å². The van der Waals surface area contributed by atoms with E-state index in [1.807, 2.05) is 11.4 Å². The Morgan fingerprint density at radius 3 is 2.43 bits per heavy atom. The SMILES string of the molecule is CCc1ccsc1CNS(=O)(=O)Cc1ccc(CO)cc1. The molecule has 0 amide bonds. The fourth-order valence-corrected chi connectivity index (χ4v) is 4.13. The first-order valence-corrected chi connectivity index (χ1v) is 9.28. The lowest BCUT2D eigenvalue weighted by molar-refractivity contribution is 0.282. The summed E-state index contributed by atoms with van der Waals surface area (Å²) < 4.78 is 26.8. The van der Waals surface area contributed by atoms with Crippen molar-refractivity contribution in [1.82, 2.24) is 4.72 Å². The highest BCUT2D eigenvalue weighted by Crippen LogP contribution is 2.17. The zero-order valence-electron chi connectivity index (χ0n) is 11.9. The monoisotopic (exact) mass is 325 g/mol. The zero-order chi connectivity index (χ0) is 15.3. The third-order valence-electron chi connectivity index (χ3n) is 3.23. The fourth-order valence-electron chi connectivity index (χ4n) is 2.02. The second kappa shape index (κ2) is 7.17. The van der Waals surface area contributed by atoms with Crippen LogP contribution in [0.4, 0.5) is 0 Å². The molecule has 0 aliphatic carbocycles. The predicted octanol–water partition coefficient (Wildman–Crippen LogP) is 2.42. The topological polar surface area (TPSA) is 66.4 Å². The molecular weight excluding hydrogens is 306 g/mol. The summed E-state index contributed by atoms with van der Waals surface area (Å²) in [4.78, 5) is 1.07. The summed E-state index contributed by atoms with van der Waals surface area (Å²) in [6.45, 7) is 2.37. The van der Waals surface area contributed by atoms with Gasteiger partial charge in [0.25, 0.3) is 0 Å². The Balaban J connectivity index is 1.98. The Labute approximate surface area is 129 Å². The van der Waals surface area contributed by atoms with E-state index < -0.39 is 10.0 Å². The lowest BCUT2D eigenvalue weighted by Gasteiger charge is -2.07. The van der Waals surface area contributed by atoms with Crippen molar-refractivity contribution in [2.75, 3.05) is 0 Å². The molecule has 0 bridgehead atoms. The van der Waals surface area contributed by atoms with Gasteiger partial charge in [-0.15, -0.1) is 11.3 Å². The molecule has 6 heteroatoms. The minimum atomic E-state index is -3.36. The van der Waals surface area contributed by atoms with Gasteiger partial charge in [0, 0.05) is 11.4 Å². The Hall–Kier alpha value is -1.21. The molecule has 2 rings (SSSR count). The number of benzene rings is 1. The maximum Gasteiger partial charge on any atom is 0.216 e. The Morgan fingerprint density at radius 1 is 1.14 bits per heavy atom. The molecule has 21 heavy (non-hydrogen) atoms. The number of thiophene rings is 1. The fraction of sp³-hybridized carbons (Fsp3) is 0.333. The van der Waals surface area contributed by atoms with Gasteiger partial charge in [0.15, 0.2) is 0 Å². The van der Waals surface area contributed by atoms with Crippen LogP contribution in [0.25, 0.3) is 0 Å². The summed E-state index contributed by atoms with van der Waals surface area (Å²) in [6, 6.07) is 8.96. The van der Waals surface area contributed by atoms with Crippen molar-refractivity contribution in [3.8, 4) is 0 Å². The summed E-state index contributed by atoms with van der Waals surface area (Å²) >= 11 is 1.57. The number of aliphatic hydroxyl groups excluding tert-OH is 1. The van der Waals surface area contributed by atoms with Gasteiger partial charge >= 0.3 is 0 Å². The number of hydrogen-bond donors (Lipinski definition) is 2. The number of sulfonamides is 1. The Morgan fingerprint density at radius 2 is 1.81 bits per heavy atom. The Kier molecular flexibility index (Phi) is 5.52. The second-order valence-corrected chi connectivity index (χ2v) is 7.58. The van der Waals surface area contributed by atoms with Crippen molar-refractivity contribution >= 4 is 21.4 Å². The molecule has 4 nitrogen and oxygen atoms in total. The van der Waals surface area contributed by atoms with Crippen molar-refractivity contribution < 1.29 is 13.5 Å². The van der Waals surface area contributed by atoms with Crippen molar-refractivity contribution in [1.29, 1.82) is 0 Å². The van der Waals surface area contributed by atoms with E-state index in [4.69, 9.17) is 5.11 Å². The number of aliphatic hydroxyl groups is 1. The number of hydrogen-bond acceptors (Lipinski definition) is 4. The highest BCUT2D eigenvalue weighted by Gasteiger charge is 2.13. The summed E-state index contributed by atoms with van der Waals surface area (Å²) in [7, 11) is -3.36. The molecule has 0 saturated carbocycles. The highest BCUT2D eigenvalue weighted by molar-refractivity contribution is 7.88. The summed E-state index contributed by atoms with van der Waals surface area (Å²) in [5.41, 5.74) is 2.67. The van der Waals surface area contributed by atoms with Crippen molar-refractivity contribution in [2.45, 2.75) is 32.2 Å². The summed E-state index contributed by atoms with van der Waals surface area (Å²) in [5, 5.41) is 11.0. The molecule has 0 saturated heterocycles. The van der Waals surface area contributed by atoms with E-state index in [1.165, 1.54) is 5.56 Å². The van der Waals surface area contributed by atoms with Crippen molar-refractivity contribution in [3.05, 3.63) is 57.3 Å². The third kappa shape index (κ3) is 4.64. The van der Waals surface area contributed by atoms with Gasteiger partial charge in [0.1, 0.15) is 0 Å². The second-order valence-electron chi connectivity index (χ2n) is 4.78. The summed E-state index contributed by atoms with van der Waals surface area (Å²) in [6.07, 6.45) is 0.906. The molecule has 0 radical (unpaired) electrons. The smallest absolute Gasteiger partial charge is 0.216 e. The van der Waals surface area contributed by atoms with Crippen LogP contribution in [0.3, 0.4) is 0 Å². The molecule has 0 aliphatic heterocycles. The molecule has 114 valence electrons. The van der Waals surface area contributed by atoms with Crippen LogP contribution in [-0.2, 0) is 35.3 Å². The molecule has 1 aromatic heterocycles. The van der Waals surface area contributed by atoms with Crippen LogP contribution in [0.1, 0.15) is 28.5 Å². The van der Waals surface area contributed by atoms with Gasteiger partial charge in [0.2, 0.25) is 10.0 Å². The van der Waals surface area contributed by atoms with Gasteiger partial charge in [-0.25, -0.2) is 13.1 Å². The molecule has 2 N–H and O–H groups in total. The number of nitrogens with one attached hydrogen (secondary N) is 1. The van der Waals surface area contributed by atoms with E-state index >= 15 is 0 Å². The van der Waals surface area contributed by atoms with Crippen LogP contribution >= 0.6 is 11.3 Å². The van der Waals surface area contributed by atoms with Gasteiger partial charge in [0.05, 0.1) is 12.4 Å². The van der Waals surface area contributed by atoms with E-state index in [2.05, 4.69) is 11.6 Å². The normalized spacial score (nSPS) is 11.7. The van der Waals surface area contributed by atoms with Crippen LogP contribution < -0.4 is 4.72 Å². The van der Waals surface area contributed by atoms with Crippen molar-refractivity contribution in [2.24, 2.45) is 0 Å². The molecule has 1 aromatic carbocycles. The van der Waals surface area contributed by atoms with Crippen LogP contribution in [0.15, 0.2) is 35.7 Å².